The van der Waals surface area contributed by atoms with Crippen molar-refractivity contribution < 1.29 is 23.8 Å². The second-order valence-electron chi connectivity index (χ2n) is 6.26. The lowest BCUT2D eigenvalue weighted by atomic mass is 10.1. The Hall–Kier alpha value is -2.84. The third-order valence-electron chi connectivity index (χ3n) is 4.19. The van der Waals surface area contributed by atoms with E-state index in [1.807, 2.05) is 36.4 Å². The normalized spacial score (nSPS) is 14.9. The molecule has 1 fully saturated rings. The van der Waals surface area contributed by atoms with E-state index in [2.05, 4.69) is 0 Å². The lowest BCUT2D eigenvalue weighted by molar-refractivity contribution is -0.145. The topological polar surface area (TPSA) is 65.1 Å². The molecule has 2 aromatic carbocycles. The zero-order chi connectivity index (χ0) is 21.5. The van der Waals surface area contributed by atoms with Gasteiger partial charge in [-0.25, -0.2) is 0 Å². The van der Waals surface area contributed by atoms with Crippen LogP contribution in [-0.4, -0.2) is 41.4 Å². The minimum absolute atomic E-state index is 0.189. The van der Waals surface area contributed by atoms with Crippen LogP contribution in [0.15, 0.2) is 53.4 Å². The molecule has 0 aliphatic carbocycles. The summed E-state index contributed by atoms with van der Waals surface area (Å²) >= 11 is 6.39. The highest BCUT2D eigenvalue weighted by molar-refractivity contribution is 8.26. The first-order chi connectivity index (χ1) is 14.5. The van der Waals surface area contributed by atoms with E-state index in [1.165, 1.54) is 4.90 Å². The number of carbonyl (C=O) groups is 2. The van der Waals surface area contributed by atoms with E-state index in [9.17, 15) is 9.59 Å². The highest BCUT2D eigenvalue weighted by Gasteiger charge is 2.33. The van der Waals surface area contributed by atoms with Crippen LogP contribution >= 0.6 is 24.0 Å². The van der Waals surface area contributed by atoms with Crippen molar-refractivity contribution in [3.05, 3.63) is 64.6 Å². The van der Waals surface area contributed by atoms with Crippen molar-refractivity contribution in [2.75, 3.05) is 20.3 Å². The van der Waals surface area contributed by atoms with Gasteiger partial charge < -0.3 is 14.2 Å². The number of benzene rings is 2. The second kappa shape index (κ2) is 10.3. The van der Waals surface area contributed by atoms with Crippen LogP contribution < -0.4 is 9.47 Å². The molecule has 156 valence electrons. The molecule has 0 bridgehead atoms. The predicted molar refractivity (Wildman–Crippen MR) is 120 cm³/mol. The molecule has 3 rings (SSSR count). The van der Waals surface area contributed by atoms with Gasteiger partial charge in [0.25, 0.3) is 5.91 Å². The fourth-order valence-electron chi connectivity index (χ4n) is 2.75. The van der Waals surface area contributed by atoms with Crippen LogP contribution in [0.25, 0.3) is 6.08 Å². The molecule has 6 nitrogen and oxygen atoms in total. The number of thioether (sulfide) groups is 1. The van der Waals surface area contributed by atoms with E-state index in [0.29, 0.717) is 27.3 Å². The summed E-state index contributed by atoms with van der Waals surface area (Å²) in [5.74, 6) is 0.355. The Labute approximate surface area is 184 Å². The maximum absolute atomic E-state index is 12.6. The number of thiocarbonyl (C=S) groups is 1. The van der Waals surface area contributed by atoms with Gasteiger partial charge in [0, 0.05) is 0 Å². The van der Waals surface area contributed by atoms with Gasteiger partial charge in [0.05, 0.1) is 18.6 Å². The number of amides is 1. The molecule has 0 saturated carbocycles. The van der Waals surface area contributed by atoms with E-state index < -0.39 is 5.97 Å². The summed E-state index contributed by atoms with van der Waals surface area (Å²) in [6.45, 7) is 2.19. The number of hydrogen-bond acceptors (Lipinski definition) is 7. The minimum Gasteiger partial charge on any atom is -0.493 e. The fourth-order valence-corrected chi connectivity index (χ4v) is 4.01. The summed E-state index contributed by atoms with van der Waals surface area (Å²) in [4.78, 5) is 26.0. The van der Waals surface area contributed by atoms with Crippen LogP contribution in [0.1, 0.15) is 18.1 Å². The van der Waals surface area contributed by atoms with Gasteiger partial charge in [-0.2, -0.15) is 0 Å². The standard InChI is InChI=1S/C22H21NO5S2/c1-3-27-20(24)13-23-21(25)19(30-22(23)29)12-16-9-10-17(18(11-16)26-2)28-14-15-7-5-4-6-8-15/h4-12H,3,13-14H2,1-2H3/b19-12-. The molecule has 1 saturated heterocycles. The maximum atomic E-state index is 12.6. The Morgan fingerprint density at radius 2 is 1.93 bits per heavy atom. The third-order valence-corrected chi connectivity index (χ3v) is 5.57. The Balaban J connectivity index is 1.73. The van der Waals surface area contributed by atoms with E-state index >= 15 is 0 Å². The predicted octanol–water partition coefficient (Wildman–Crippen LogP) is 4.04. The van der Waals surface area contributed by atoms with Crippen LogP contribution in [0.2, 0.25) is 0 Å². The van der Waals surface area contributed by atoms with E-state index in [0.717, 1.165) is 22.9 Å². The highest BCUT2D eigenvalue weighted by atomic mass is 32.2. The molecule has 1 amide bonds. The molecule has 2 aromatic rings. The lowest BCUT2D eigenvalue weighted by Crippen LogP contribution is -2.34. The molecule has 0 spiro atoms. The molecule has 8 heteroatoms. The van der Waals surface area contributed by atoms with E-state index in [1.54, 1.807) is 32.2 Å². The van der Waals surface area contributed by atoms with Gasteiger partial charge in [-0.05, 0) is 36.3 Å². The molecule has 30 heavy (non-hydrogen) atoms. The van der Waals surface area contributed by atoms with Gasteiger partial charge in [0.1, 0.15) is 17.5 Å². The summed E-state index contributed by atoms with van der Waals surface area (Å²) in [5, 5.41) is 0. The number of ether oxygens (including phenoxy) is 3. The summed E-state index contributed by atoms with van der Waals surface area (Å²) in [6.07, 6.45) is 1.72. The van der Waals surface area contributed by atoms with Crippen molar-refractivity contribution in [2.24, 2.45) is 0 Å². The van der Waals surface area contributed by atoms with Gasteiger partial charge in [-0.1, -0.05) is 60.4 Å². The average Bonchev–Trinajstić information content (AvgIpc) is 3.01. The Morgan fingerprint density at radius 1 is 1.17 bits per heavy atom. The number of hydrogen-bond donors (Lipinski definition) is 0. The number of nitrogens with zero attached hydrogens (tertiary/aromatic N) is 1. The maximum Gasteiger partial charge on any atom is 0.326 e. The average molecular weight is 444 g/mol. The largest absolute Gasteiger partial charge is 0.493 e. The minimum atomic E-state index is -0.489. The first kappa shape index (κ1) is 21.9. The smallest absolute Gasteiger partial charge is 0.326 e. The molecular weight excluding hydrogens is 422 g/mol. The molecule has 0 N–H and O–H groups in total. The summed E-state index contributed by atoms with van der Waals surface area (Å²) < 4.78 is 16.5. The van der Waals surface area contributed by atoms with Crippen molar-refractivity contribution in [2.45, 2.75) is 13.5 Å². The van der Waals surface area contributed by atoms with Crippen molar-refractivity contribution in [1.82, 2.24) is 4.90 Å². The van der Waals surface area contributed by atoms with Gasteiger partial charge in [-0.3, -0.25) is 14.5 Å². The zero-order valence-corrected chi connectivity index (χ0v) is 18.3. The molecule has 1 heterocycles. The van der Waals surface area contributed by atoms with Crippen LogP contribution in [0.4, 0.5) is 0 Å². The van der Waals surface area contributed by atoms with Crippen LogP contribution in [0, 0.1) is 0 Å². The van der Waals surface area contributed by atoms with Crippen molar-refractivity contribution >= 4 is 46.3 Å². The quantitative estimate of drug-likeness (QED) is 0.347. The van der Waals surface area contributed by atoms with E-state index in [4.69, 9.17) is 26.4 Å². The Kier molecular flexibility index (Phi) is 7.48. The van der Waals surface area contributed by atoms with Gasteiger partial charge in [-0.15, -0.1) is 0 Å². The van der Waals surface area contributed by atoms with Crippen LogP contribution in [0.5, 0.6) is 11.5 Å². The van der Waals surface area contributed by atoms with Gasteiger partial charge in [0.2, 0.25) is 0 Å². The third kappa shape index (κ3) is 5.40. The summed E-state index contributed by atoms with van der Waals surface area (Å²) in [7, 11) is 1.56. The molecule has 0 aromatic heterocycles. The molecule has 0 radical (unpaired) electrons. The number of esters is 1. The van der Waals surface area contributed by atoms with Crippen LogP contribution in [0.3, 0.4) is 0 Å². The molecule has 1 aliphatic rings. The van der Waals surface area contributed by atoms with Gasteiger partial charge >= 0.3 is 5.97 Å². The Bertz CT molecular complexity index is 975. The summed E-state index contributed by atoms with van der Waals surface area (Å²) in [6, 6.07) is 15.3. The number of carbonyl (C=O) groups excluding carboxylic acids is 2. The summed E-state index contributed by atoms with van der Waals surface area (Å²) in [5.41, 5.74) is 1.81. The second-order valence-corrected chi connectivity index (χ2v) is 7.93. The molecular formula is C22H21NO5S2. The van der Waals surface area contributed by atoms with Gasteiger partial charge in [0.15, 0.2) is 11.5 Å². The molecule has 0 atom stereocenters. The lowest BCUT2D eigenvalue weighted by Gasteiger charge is -2.13. The monoisotopic (exact) mass is 443 g/mol. The van der Waals surface area contributed by atoms with Crippen molar-refractivity contribution in [3.8, 4) is 11.5 Å². The molecule has 0 unspecified atom stereocenters. The fraction of sp³-hybridized carbons (Fsp3) is 0.227. The zero-order valence-electron chi connectivity index (χ0n) is 16.6. The van der Waals surface area contributed by atoms with Crippen molar-refractivity contribution in [3.63, 3.8) is 0 Å². The number of methoxy groups -OCH3 is 1. The van der Waals surface area contributed by atoms with Crippen LogP contribution in [-0.2, 0) is 20.9 Å². The SMILES string of the molecule is CCOC(=O)CN1C(=O)/C(=C/c2ccc(OCc3ccccc3)c(OC)c2)SC1=S. The van der Waals surface area contributed by atoms with Crippen molar-refractivity contribution in [1.29, 1.82) is 0 Å². The number of rotatable bonds is 8. The van der Waals surface area contributed by atoms with E-state index in [-0.39, 0.29) is 19.1 Å². The highest BCUT2D eigenvalue weighted by Crippen LogP contribution is 2.35. The molecule has 1 aliphatic heterocycles. The Morgan fingerprint density at radius 3 is 2.63 bits per heavy atom. The first-order valence-electron chi connectivity index (χ1n) is 9.27. The first-order valence-corrected chi connectivity index (χ1v) is 10.5.